The van der Waals surface area contributed by atoms with Gasteiger partial charge in [-0.25, -0.2) is 0 Å². The van der Waals surface area contributed by atoms with Crippen molar-refractivity contribution in [3.63, 3.8) is 0 Å². The second-order valence-corrected chi connectivity index (χ2v) is 2.96. The number of rotatable bonds is 2. The van der Waals surface area contributed by atoms with E-state index < -0.39 is 5.91 Å². The third kappa shape index (κ3) is 1.84. The minimum atomic E-state index is -0.444. The standard InChI is InChI=1S/C8H12N2O2/c9-7(11)5-2-1-3-6(4-5)8(10)12/h4-5H,1-3H2,(H2,9,11)(H2,10,12). The first-order valence-corrected chi connectivity index (χ1v) is 3.91. The quantitative estimate of drug-likeness (QED) is 0.592. The van der Waals surface area contributed by atoms with E-state index in [1.54, 1.807) is 6.08 Å². The molecule has 0 spiro atoms. The molecule has 4 heteroatoms. The van der Waals surface area contributed by atoms with E-state index in [1.807, 2.05) is 0 Å². The highest BCUT2D eigenvalue weighted by Gasteiger charge is 2.20. The molecular formula is C8H12N2O2. The fraction of sp³-hybridized carbons (Fsp3) is 0.500. The van der Waals surface area contributed by atoms with Crippen LogP contribution in [0.2, 0.25) is 0 Å². The minimum Gasteiger partial charge on any atom is -0.369 e. The molecule has 66 valence electrons. The van der Waals surface area contributed by atoms with Gasteiger partial charge in [-0.15, -0.1) is 0 Å². The summed E-state index contributed by atoms with van der Waals surface area (Å²) in [6, 6.07) is 0. The first kappa shape index (κ1) is 8.77. The van der Waals surface area contributed by atoms with Gasteiger partial charge in [0.2, 0.25) is 11.8 Å². The van der Waals surface area contributed by atoms with Gasteiger partial charge in [-0.05, 0) is 19.3 Å². The number of hydrogen-bond donors (Lipinski definition) is 2. The van der Waals surface area contributed by atoms with Crippen LogP contribution >= 0.6 is 0 Å². The van der Waals surface area contributed by atoms with Crippen LogP contribution in [-0.4, -0.2) is 11.8 Å². The molecule has 0 fully saturated rings. The summed E-state index contributed by atoms with van der Waals surface area (Å²) < 4.78 is 0. The maximum absolute atomic E-state index is 10.7. The Kier molecular flexibility index (Phi) is 2.47. The second kappa shape index (κ2) is 3.38. The Bertz CT molecular complexity index is 245. The van der Waals surface area contributed by atoms with E-state index in [0.717, 1.165) is 12.8 Å². The topological polar surface area (TPSA) is 86.2 Å². The Hall–Kier alpha value is -1.32. The molecule has 4 N–H and O–H groups in total. The van der Waals surface area contributed by atoms with Gasteiger partial charge in [-0.2, -0.15) is 0 Å². The molecule has 0 saturated heterocycles. The van der Waals surface area contributed by atoms with E-state index in [9.17, 15) is 9.59 Å². The van der Waals surface area contributed by atoms with Crippen LogP contribution < -0.4 is 11.5 Å². The molecule has 1 rings (SSSR count). The Balaban J connectivity index is 2.76. The zero-order chi connectivity index (χ0) is 9.14. The van der Waals surface area contributed by atoms with Gasteiger partial charge in [0, 0.05) is 5.57 Å². The molecule has 1 aliphatic rings. The van der Waals surface area contributed by atoms with Crippen molar-refractivity contribution in [1.29, 1.82) is 0 Å². The fourth-order valence-corrected chi connectivity index (χ4v) is 1.35. The second-order valence-electron chi connectivity index (χ2n) is 2.96. The number of nitrogens with two attached hydrogens (primary N) is 2. The lowest BCUT2D eigenvalue weighted by molar-refractivity contribution is -0.120. The van der Waals surface area contributed by atoms with Crippen molar-refractivity contribution < 1.29 is 9.59 Å². The first-order valence-electron chi connectivity index (χ1n) is 3.91. The Labute approximate surface area is 70.6 Å². The molecule has 0 aliphatic heterocycles. The molecule has 0 bridgehead atoms. The fourth-order valence-electron chi connectivity index (χ4n) is 1.35. The van der Waals surface area contributed by atoms with Crippen LogP contribution in [0.15, 0.2) is 11.6 Å². The minimum absolute atomic E-state index is 0.304. The highest BCUT2D eigenvalue weighted by atomic mass is 16.1. The largest absolute Gasteiger partial charge is 0.369 e. The molecule has 1 unspecified atom stereocenters. The van der Waals surface area contributed by atoms with E-state index in [1.165, 1.54) is 0 Å². The van der Waals surface area contributed by atoms with Crippen molar-refractivity contribution in [2.24, 2.45) is 17.4 Å². The van der Waals surface area contributed by atoms with Gasteiger partial charge in [0.1, 0.15) is 0 Å². The van der Waals surface area contributed by atoms with Gasteiger partial charge >= 0.3 is 0 Å². The van der Waals surface area contributed by atoms with Crippen LogP contribution in [0.1, 0.15) is 19.3 Å². The van der Waals surface area contributed by atoms with Gasteiger partial charge in [0.15, 0.2) is 0 Å². The van der Waals surface area contributed by atoms with Crippen LogP contribution in [0.25, 0.3) is 0 Å². The molecule has 4 nitrogen and oxygen atoms in total. The molecule has 2 amide bonds. The summed E-state index contributed by atoms with van der Waals surface area (Å²) in [4.78, 5) is 21.5. The van der Waals surface area contributed by atoms with Crippen molar-refractivity contribution in [1.82, 2.24) is 0 Å². The van der Waals surface area contributed by atoms with Crippen molar-refractivity contribution >= 4 is 11.8 Å². The van der Waals surface area contributed by atoms with Crippen LogP contribution in [0.4, 0.5) is 0 Å². The number of carbonyl (C=O) groups is 2. The van der Waals surface area contributed by atoms with Gasteiger partial charge in [0.05, 0.1) is 5.92 Å². The van der Waals surface area contributed by atoms with E-state index >= 15 is 0 Å². The summed E-state index contributed by atoms with van der Waals surface area (Å²) in [5.74, 6) is -1.13. The van der Waals surface area contributed by atoms with Crippen LogP contribution in [0, 0.1) is 5.92 Å². The normalized spacial score (nSPS) is 23.0. The summed E-state index contributed by atoms with van der Waals surface area (Å²) >= 11 is 0. The third-order valence-electron chi connectivity index (χ3n) is 2.05. The van der Waals surface area contributed by atoms with E-state index in [0.29, 0.717) is 12.0 Å². The van der Waals surface area contributed by atoms with Crippen molar-refractivity contribution in [3.05, 3.63) is 11.6 Å². The molecular weight excluding hydrogens is 156 g/mol. The maximum Gasteiger partial charge on any atom is 0.244 e. The molecule has 1 atom stereocenters. The molecule has 0 heterocycles. The Morgan fingerprint density at radius 3 is 2.58 bits per heavy atom. The van der Waals surface area contributed by atoms with E-state index in [4.69, 9.17) is 11.5 Å². The average molecular weight is 168 g/mol. The van der Waals surface area contributed by atoms with Gasteiger partial charge in [-0.3, -0.25) is 9.59 Å². The molecule has 12 heavy (non-hydrogen) atoms. The van der Waals surface area contributed by atoms with E-state index in [-0.39, 0.29) is 11.8 Å². The summed E-state index contributed by atoms with van der Waals surface area (Å²) in [5.41, 5.74) is 10.7. The monoisotopic (exact) mass is 168 g/mol. The summed E-state index contributed by atoms with van der Waals surface area (Å²) in [6.07, 6.45) is 3.79. The Morgan fingerprint density at radius 2 is 2.08 bits per heavy atom. The maximum atomic E-state index is 10.7. The number of hydrogen-bond acceptors (Lipinski definition) is 2. The number of amides is 2. The molecule has 1 aliphatic carbocycles. The lowest BCUT2D eigenvalue weighted by Crippen LogP contribution is -2.26. The van der Waals surface area contributed by atoms with Crippen molar-refractivity contribution in [3.8, 4) is 0 Å². The highest BCUT2D eigenvalue weighted by molar-refractivity contribution is 5.93. The SMILES string of the molecule is NC(=O)C1=CC(C(N)=O)CCC1. The molecule has 0 aromatic carbocycles. The first-order chi connectivity index (χ1) is 5.61. The summed E-state index contributed by atoms with van der Waals surface area (Å²) in [5, 5.41) is 0. The Morgan fingerprint density at radius 1 is 1.42 bits per heavy atom. The summed E-state index contributed by atoms with van der Waals surface area (Å²) in [7, 11) is 0. The zero-order valence-corrected chi connectivity index (χ0v) is 6.75. The van der Waals surface area contributed by atoms with Crippen molar-refractivity contribution in [2.75, 3.05) is 0 Å². The average Bonchev–Trinajstić information content (AvgIpc) is 2.04. The predicted octanol–water partition coefficient (Wildman–Crippen LogP) is -0.317. The van der Waals surface area contributed by atoms with Crippen LogP contribution in [-0.2, 0) is 9.59 Å². The summed E-state index contributed by atoms with van der Waals surface area (Å²) in [6.45, 7) is 0. The molecule has 0 aromatic heterocycles. The number of primary amides is 2. The predicted molar refractivity (Wildman–Crippen MR) is 43.8 cm³/mol. The molecule has 0 aromatic rings. The van der Waals surface area contributed by atoms with Crippen LogP contribution in [0.5, 0.6) is 0 Å². The molecule has 0 radical (unpaired) electrons. The lowest BCUT2D eigenvalue weighted by atomic mass is 9.90. The molecule has 0 saturated carbocycles. The smallest absolute Gasteiger partial charge is 0.244 e. The van der Waals surface area contributed by atoms with Crippen LogP contribution in [0.3, 0.4) is 0 Å². The van der Waals surface area contributed by atoms with Gasteiger partial charge < -0.3 is 11.5 Å². The van der Waals surface area contributed by atoms with Gasteiger partial charge in [-0.1, -0.05) is 6.08 Å². The zero-order valence-electron chi connectivity index (χ0n) is 6.75. The van der Waals surface area contributed by atoms with E-state index in [2.05, 4.69) is 0 Å². The third-order valence-corrected chi connectivity index (χ3v) is 2.05. The van der Waals surface area contributed by atoms with Crippen molar-refractivity contribution in [2.45, 2.75) is 19.3 Å². The van der Waals surface area contributed by atoms with Gasteiger partial charge in [0.25, 0.3) is 0 Å². The number of carbonyl (C=O) groups excluding carboxylic acids is 2. The highest BCUT2D eigenvalue weighted by Crippen LogP contribution is 2.21. The lowest BCUT2D eigenvalue weighted by Gasteiger charge is -2.16.